The highest BCUT2D eigenvalue weighted by molar-refractivity contribution is 5.93. The summed E-state index contributed by atoms with van der Waals surface area (Å²) in [6, 6.07) is 0. The Bertz CT molecular complexity index is 113. The lowest BCUT2D eigenvalue weighted by Crippen LogP contribution is -2.07. The summed E-state index contributed by atoms with van der Waals surface area (Å²) in [7, 11) is 0. The lowest BCUT2D eigenvalue weighted by Gasteiger charge is -1.82. The Hall–Kier alpha value is -0.880. The third-order valence-electron chi connectivity index (χ3n) is 0.612. The van der Waals surface area contributed by atoms with Gasteiger partial charge in [-0.2, -0.15) is 0 Å². The zero-order chi connectivity index (χ0) is 4.57. The molecular weight excluding hydrogens is 80.0 g/mol. The van der Waals surface area contributed by atoms with E-state index in [1.807, 2.05) is 0 Å². The number of hydrogen-bond donors (Lipinski definition) is 1. The standard InChI is InChI=1S/C4H2O2/c5-3-1-4(6)2-3/h1H2/p+1. The van der Waals surface area contributed by atoms with Gasteiger partial charge < -0.3 is 5.11 Å². The first-order valence-corrected chi connectivity index (χ1v) is 1.63. The first-order valence-electron chi connectivity index (χ1n) is 1.63. The Morgan fingerprint density at radius 2 is 2.33 bits per heavy atom. The number of allylic oxidation sites excluding steroid dienone is 2. The van der Waals surface area contributed by atoms with Crippen LogP contribution in [-0.4, -0.2) is 10.9 Å². The molecule has 1 aliphatic carbocycles. The van der Waals surface area contributed by atoms with Crippen molar-refractivity contribution in [2.75, 3.05) is 0 Å². The van der Waals surface area contributed by atoms with Crippen molar-refractivity contribution < 1.29 is 9.90 Å². The number of hydrogen-bond acceptors (Lipinski definition) is 2. The molecule has 0 aromatic carbocycles. The molecule has 6 heavy (non-hydrogen) atoms. The number of carbonyl (C=O) groups excluding carboxylic acids is 1. The van der Waals surface area contributed by atoms with Crippen LogP contribution in [0.2, 0.25) is 0 Å². The van der Waals surface area contributed by atoms with Crippen LogP contribution >= 0.6 is 0 Å². The van der Waals surface area contributed by atoms with E-state index in [0.717, 1.165) is 0 Å². The molecule has 0 aliphatic heterocycles. The molecule has 0 aromatic heterocycles. The van der Waals surface area contributed by atoms with Crippen LogP contribution < -0.4 is 0 Å². The van der Waals surface area contributed by atoms with Crippen molar-refractivity contribution in [2.45, 2.75) is 6.42 Å². The van der Waals surface area contributed by atoms with Crippen molar-refractivity contribution in [1.82, 2.24) is 0 Å². The summed E-state index contributed by atoms with van der Waals surface area (Å²) in [4.78, 5) is 9.82. The van der Waals surface area contributed by atoms with Crippen molar-refractivity contribution in [1.29, 1.82) is 0 Å². The Morgan fingerprint density at radius 3 is 2.33 bits per heavy atom. The third-order valence-corrected chi connectivity index (χ3v) is 0.612. The molecule has 2 nitrogen and oxygen atoms in total. The summed E-state index contributed by atoms with van der Waals surface area (Å²) in [6.07, 6.45) is 2.33. The molecular formula is C4H3O2+. The van der Waals surface area contributed by atoms with Crippen molar-refractivity contribution in [3.63, 3.8) is 0 Å². The summed E-state index contributed by atoms with van der Waals surface area (Å²) in [5.41, 5.74) is 0. The fourth-order valence-corrected chi connectivity index (χ4v) is 0.295. The predicted molar refractivity (Wildman–Crippen MR) is 19.0 cm³/mol. The molecule has 1 aliphatic rings. The van der Waals surface area contributed by atoms with Crippen LogP contribution in [0.1, 0.15) is 6.42 Å². The van der Waals surface area contributed by atoms with Gasteiger partial charge in [-0.15, -0.1) is 0 Å². The molecule has 1 rings (SSSR count). The van der Waals surface area contributed by atoms with Crippen LogP contribution in [0.25, 0.3) is 0 Å². The topological polar surface area (TPSA) is 37.3 Å². The number of aliphatic hydroxyl groups excluding tert-OH is 1. The van der Waals surface area contributed by atoms with Gasteiger partial charge in [0.15, 0.2) is 6.42 Å². The van der Waals surface area contributed by atoms with E-state index in [4.69, 9.17) is 5.11 Å². The fraction of sp³-hybridized carbons (Fsp3) is 0.250. The van der Waals surface area contributed by atoms with E-state index in [1.54, 1.807) is 0 Å². The molecule has 0 saturated carbocycles. The Kier molecular flexibility index (Phi) is 0.437. The van der Waals surface area contributed by atoms with Gasteiger partial charge in [0.25, 0.3) is 0 Å². The summed E-state index contributed by atoms with van der Waals surface area (Å²) >= 11 is 0. The quantitative estimate of drug-likeness (QED) is 0.425. The second-order valence-electron chi connectivity index (χ2n) is 1.17. The highest BCUT2D eigenvalue weighted by atomic mass is 16.3. The summed E-state index contributed by atoms with van der Waals surface area (Å²) in [5, 5.41) is 8.20. The third kappa shape index (κ3) is 0.277. The SMILES string of the molecule is O=C1[C+]=C(O)C1. The van der Waals surface area contributed by atoms with E-state index < -0.39 is 0 Å². The molecule has 2 heteroatoms. The Labute approximate surface area is 35.1 Å². The molecule has 0 heterocycles. The van der Waals surface area contributed by atoms with E-state index in [0.29, 0.717) is 0 Å². The number of aliphatic hydroxyl groups is 1. The van der Waals surface area contributed by atoms with Crippen LogP contribution in [0.5, 0.6) is 0 Å². The normalized spacial score (nSPS) is 18.0. The molecule has 0 unspecified atom stereocenters. The average molecular weight is 83.1 g/mol. The summed E-state index contributed by atoms with van der Waals surface area (Å²) in [5.74, 6) is -0.0208. The molecule has 0 bridgehead atoms. The number of ketones is 1. The van der Waals surface area contributed by atoms with Gasteiger partial charge in [-0.3, -0.25) is 0 Å². The van der Waals surface area contributed by atoms with Gasteiger partial charge in [-0.1, -0.05) is 0 Å². The minimum atomic E-state index is -0.104. The van der Waals surface area contributed by atoms with Gasteiger partial charge in [0.05, 0.1) is 0 Å². The summed E-state index contributed by atoms with van der Waals surface area (Å²) in [6.45, 7) is 0. The Balaban J connectivity index is 2.68. The molecule has 0 spiro atoms. The van der Waals surface area contributed by atoms with Crippen molar-refractivity contribution in [3.05, 3.63) is 11.8 Å². The van der Waals surface area contributed by atoms with Gasteiger partial charge in [-0.05, 0) is 0 Å². The smallest absolute Gasteiger partial charge is 0.408 e. The highest BCUT2D eigenvalue weighted by Gasteiger charge is 2.33. The first-order chi connectivity index (χ1) is 2.79. The molecule has 0 amide bonds. The van der Waals surface area contributed by atoms with E-state index in [-0.39, 0.29) is 18.0 Å². The van der Waals surface area contributed by atoms with Gasteiger partial charge in [0.1, 0.15) is 0 Å². The lowest BCUT2D eigenvalue weighted by molar-refractivity contribution is -0.117. The van der Waals surface area contributed by atoms with Gasteiger partial charge in [0, 0.05) is 0 Å². The molecule has 0 saturated heterocycles. The second-order valence-corrected chi connectivity index (χ2v) is 1.17. The largest absolute Gasteiger partial charge is 0.471 e. The van der Waals surface area contributed by atoms with Crippen LogP contribution in [-0.2, 0) is 4.79 Å². The van der Waals surface area contributed by atoms with Gasteiger partial charge >= 0.3 is 17.6 Å². The van der Waals surface area contributed by atoms with Crippen LogP contribution in [0.3, 0.4) is 0 Å². The molecule has 0 fully saturated rings. The number of carbonyl (C=O) groups is 1. The lowest BCUT2D eigenvalue weighted by atomic mass is 10.1. The number of rotatable bonds is 0. The van der Waals surface area contributed by atoms with E-state index in [2.05, 4.69) is 6.08 Å². The highest BCUT2D eigenvalue weighted by Crippen LogP contribution is 2.06. The van der Waals surface area contributed by atoms with E-state index in [9.17, 15) is 4.79 Å². The van der Waals surface area contributed by atoms with Crippen molar-refractivity contribution >= 4 is 5.78 Å². The maximum absolute atomic E-state index is 9.82. The second kappa shape index (κ2) is 0.791. The van der Waals surface area contributed by atoms with E-state index >= 15 is 0 Å². The van der Waals surface area contributed by atoms with E-state index in [1.165, 1.54) is 0 Å². The number of Topliss-reactive ketones (excluding diaryl/α,β-unsaturated/α-hetero) is 1. The predicted octanol–water partition coefficient (Wildman–Crippen LogP) is 0.204. The zero-order valence-corrected chi connectivity index (χ0v) is 3.06. The van der Waals surface area contributed by atoms with Crippen LogP contribution in [0.15, 0.2) is 5.76 Å². The Morgan fingerprint density at radius 1 is 1.83 bits per heavy atom. The van der Waals surface area contributed by atoms with Gasteiger partial charge in [-0.25, -0.2) is 4.79 Å². The minimum Gasteiger partial charge on any atom is -0.471 e. The van der Waals surface area contributed by atoms with Gasteiger partial charge in [0.2, 0.25) is 0 Å². The minimum absolute atomic E-state index is 0.0833. The molecule has 0 aromatic rings. The monoisotopic (exact) mass is 83.0 g/mol. The fourth-order valence-electron chi connectivity index (χ4n) is 0.295. The average Bonchev–Trinajstić information content (AvgIpc) is 1.33. The van der Waals surface area contributed by atoms with Crippen molar-refractivity contribution in [3.8, 4) is 0 Å². The van der Waals surface area contributed by atoms with Crippen LogP contribution in [0.4, 0.5) is 0 Å². The molecule has 30 valence electrons. The first kappa shape index (κ1) is 3.32. The molecule has 0 atom stereocenters. The maximum Gasteiger partial charge on any atom is 0.408 e. The maximum atomic E-state index is 9.82. The molecule has 0 radical (unpaired) electrons. The zero-order valence-electron chi connectivity index (χ0n) is 3.06. The van der Waals surface area contributed by atoms with Crippen molar-refractivity contribution in [2.24, 2.45) is 0 Å². The summed E-state index contributed by atoms with van der Waals surface area (Å²) < 4.78 is 0. The molecule has 1 N–H and O–H groups in total. The van der Waals surface area contributed by atoms with Crippen LogP contribution in [0, 0.1) is 6.08 Å².